The highest BCUT2D eigenvalue weighted by molar-refractivity contribution is 7.12. The zero-order valence-electron chi connectivity index (χ0n) is 17.7. The van der Waals surface area contributed by atoms with Gasteiger partial charge in [-0.25, -0.2) is 0 Å². The molecular formula is C23H26N2O6S. The summed E-state index contributed by atoms with van der Waals surface area (Å²) in [7, 11) is 0. The van der Waals surface area contributed by atoms with E-state index in [-0.39, 0.29) is 43.4 Å². The first-order chi connectivity index (χ1) is 15.5. The van der Waals surface area contributed by atoms with Crippen LogP contribution in [0.5, 0.6) is 0 Å². The van der Waals surface area contributed by atoms with E-state index in [0.717, 1.165) is 0 Å². The van der Waals surface area contributed by atoms with Crippen molar-refractivity contribution in [1.29, 1.82) is 0 Å². The van der Waals surface area contributed by atoms with E-state index in [1.807, 2.05) is 11.4 Å². The number of ether oxygens (including phenoxy) is 2. The van der Waals surface area contributed by atoms with E-state index < -0.39 is 12.1 Å². The Bertz CT molecular complexity index is 910. The summed E-state index contributed by atoms with van der Waals surface area (Å²) < 4.78 is 10.8. The first-order valence-electron chi connectivity index (χ1n) is 10.5. The Morgan fingerprint density at radius 2 is 1.75 bits per heavy atom. The van der Waals surface area contributed by atoms with Crippen molar-refractivity contribution in [3.05, 3.63) is 58.3 Å². The number of Topliss-reactive ketones (excluding diaryl/α,β-unsaturated/α-hetero) is 1. The fourth-order valence-corrected chi connectivity index (χ4v) is 3.90. The number of carbonyl (C=O) groups excluding carboxylic acids is 4. The fraction of sp³-hybridized carbons (Fsp3) is 0.391. The predicted octanol–water partition coefficient (Wildman–Crippen LogP) is 2.36. The molecule has 0 radical (unpaired) electrons. The molecular weight excluding hydrogens is 432 g/mol. The van der Waals surface area contributed by atoms with Gasteiger partial charge in [0.05, 0.1) is 24.5 Å². The number of esters is 1. The SMILES string of the molecule is O=C(CCC(=O)c1cccs1)NCCC(=O)OC(C(=O)N1CCOCC1)c1ccccc1. The maximum atomic E-state index is 13.0. The molecule has 1 saturated heterocycles. The smallest absolute Gasteiger partial charge is 0.308 e. The maximum absolute atomic E-state index is 13.0. The number of amides is 2. The number of nitrogens with zero attached hydrogens (tertiary/aromatic N) is 1. The van der Waals surface area contributed by atoms with E-state index in [4.69, 9.17) is 9.47 Å². The van der Waals surface area contributed by atoms with Crippen LogP contribution in [-0.2, 0) is 23.9 Å². The van der Waals surface area contributed by atoms with Gasteiger partial charge in [0.15, 0.2) is 5.78 Å². The van der Waals surface area contributed by atoms with Gasteiger partial charge in [0.2, 0.25) is 12.0 Å². The molecule has 170 valence electrons. The van der Waals surface area contributed by atoms with Gasteiger partial charge in [-0.3, -0.25) is 19.2 Å². The van der Waals surface area contributed by atoms with Crippen LogP contribution in [0.1, 0.15) is 40.6 Å². The summed E-state index contributed by atoms with van der Waals surface area (Å²) in [5, 5.41) is 4.43. The van der Waals surface area contributed by atoms with E-state index in [0.29, 0.717) is 36.7 Å². The molecule has 1 atom stereocenters. The number of hydrogen-bond acceptors (Lipinski definition) is 7. The molecule has 1 fully saturated rings. The highest BCUT2D eigenvalue weighted by Gasteiger charge is 2.30. The number of benzene rings is 1. The molecule has 9 heteroatoms. The largest absolute Gasteiger partial charge is 0.447 e. The highest BCUT2D eigenvalue weighted by atomic mass is 32.1. The number of hydrogen-bond donors (Lipinski definition) is 1. The maximum Gasteiger partial charge on any atom is 0.308 e. The Labute approximate surface area is 190 Å². The lowest BCUT2D eigenvalue weighted by Gasteiger charge is -2.30. The van der Waals surface area contributed by atoms with Crippen LogP contribution in [0.3, 0.4) is 0 Å². The zero-order valence-corrected chi connectivity index (χ0v) is 18.5. The first-order valence-corrected chi connectivity index (χ1v) is 11.4. The number of ketones is 1. The quantitative estimate of drug-likeness (QED) is 0.433. The zero-order chi connectivity index (χ0) is 22.8. The molecule has 2 amide bonds. The van der Waals surface area contributed by atoms with Gasteiger partial charge in [0.1, 0.15) is 0 Å². The number of nitrogens with one attached hydrogen (secondary N) is 1. The van der Waals surface area contributed by atoms with Gasteiger partial charge >= 0.3 is 5.97 Å². The lowest BCUT2D eigenvalue weighted by molar-refractivity contribution is -0.162. The molecule has 3 rings (SSSR count). The van der Waals surface area contributed by atoms with Crippen LogP contribution in [-0.4, -0.2) is 61.3 Å². The van der Waals surface area contributed by atoms with Gasteiger partial charge in [0, 0.05) is 38.0 Å². The molecule has 1 aliphatic heterocycles. The molecule has 8 nitrogen and oxygen atoms in total. The molecule has 1 unspecified atom stereocenters. The van der Waals surface area contributed by atoms with Crippen molar-refractivity contribution in [1.82, 2.24) is 10.2 Å². The lowest BCUT2D eigenvalue weighted by atomic mass is 10.1. The first kappa shape index (κ1) is 23.6. The summed E-state index contributed by atoms with van der Waals surface area (Å²) in [6, 6.07) is 12.4. The number of thiophene rings is 1. The van der Waals surface area contributed by atoms with Crippen molar-refractivity contribution in [2.45, 2.75) is 25.4 Å². The Hall–Kier alpha value is -3.04. The van der Waals surface area contributed by atoms with Crippen molar-refractivity contribution < 1.29 is 28.7 Å². The minimum atomic E-state index is -1.04. The van der Waals surface area contributed by atoms with Crippen LogP contribution in [0.2, 0.25) is 0 Å². The van der Waals surface area contributed by atoms with Crippen LogP contribution < -0.4 is 5.32 Å². The molecule has 32 heavy (non-hydrogen) atoms. The predicted molar refractivity (Wildman–Crippen MR) is 118 cm³/mol. The van der Waals surface area contributed by atoms with Crippen LogP contribution in [0.15, 0.2) is 47.8 Å². The highest BCUT2D eigenvalue weighted by Crippen LogP contribution is 2.21. The van der Waals surface area contributed by atoms with Crippen molar-refractivity contribution in [2.24, 2.45) is 0 Å². The van der Waals surface area contributed by atoms with Crippen LogP contribution in [0.25, 0.3) is 0 Å². The van der Waals surface area contributed by atoms with E-state index >= 15 is 0 Å². The second-order valence-electron chi connectivity index (χ2n) is 7.22. The number of rotatable bonds is 10. The van der Waals surface area contributed by atoms with E-state index in [2.05, 4.69) is 5.32 Å². The minimum Gasteiger partial charge on any atom is -0.447 e. The van der Waals surface area contributed by atoms with Crippen LogP contribution >= 0.6 is 11.3 Å². The molecule has 1 N–H and O–H groups in total. The summed E-state index contributed by atoms with van der Waals surface area (Å²) in [5.41, 5.74) is 0.591. The van der Waals surface area contributed by atoms with E-state index in [1.165, 1.54) is 11.3 Å². The van der Waals surface area contributed by atoms with E-state index in [9.17, 15) is 19.2 Å². The number of carbonyl (C=O) groups is 4. The summed E-state index contributed by atoms with van der Waals surface area (Å²) in [4.78, 5) is 51.5. The van der Waals surface area contributed by atoms with Crippen LogP contribution in [0, 0.1) is 0 Å². The second-order valence-corrected chi connectivity index (χ2v) is 8.17. The van der Waals surface area contributed by atoms with Crippen LogP contribution in [0.4, 0.5) is 0 Å². The molecule has 1 aromatic carbocycles. The average Bonchev–Trinajstić information content (AvgIpc) is 3.37. The molecule has 0 saturated carbocycles. The Morgan fingerprint density at radius 1 is 1.00 bits per heavy atom. The third-order valence-corrected chi connectivity index (χ3v) is 5.84. The third-order valence-electron chi connectivity index (χ3n) is 4.93. The van der Waals surface area contributed by atoms with Crippen molar-refractivity contribution in [3.63, 3.8) is 0 Å². The fourth-order valence-electron chi connectivity index (χ4n) is 3.21. The third kappa shape index (κ3) is 7.00. The molecule has 0 bridgehead atoms. The molecule has 0 spiro atoms. The Morgan fingerprint density at radius 3 is 2.44 bits per heavy atom. The monoisotopic (exact) mass is 458 g/mol. The summed E-state index contributed by atoms with van der Waals surface area (Å²) in [6.45, 7) is 1.85. The lowest BCUT2D eigenvalue weighted by Crippen LogP contribution is -2.44. The summed E-state index contributed by atoms with van der Waals surface area (Å²) in [6.07, 6.45) is -0.958. The summed E-state index contributed by atoms with van der Waals surface area (Å²) >= 11 is 1.34. The second kappa shape index (κ2) is 12.1. The van der Waals surface area contributed by atoms with E-state index in [1.54, 1.807) is 41.3 Å². The van der Waals surface area contributed by atoms with Gasteiger partial charge in [0.25, 0.3) is 5.91 Å². The standard InChI is InChI=1S/C23H26N2O6S/c26-18(19-7-4-16-32-19)8-9-20(27)24-11-10-21(28)31-22(17-5-2-1-3-6-17)23(29)25-12-14-30-15-13-25/h1-7,16,22H,8-15H2,(H,24,27). The molecule has 2 heterocycles. The number of morpholine rings is 1. The Kier molecular flexibility index (Phi) is 8.94. The van der Waals surface area contributed by atoms with Crippen molar-refractivity contribution in [3.8, 4) is 0 Å². The van der Waals surface area contributed by atoms with Gasteiger partial charge in [-0.15, -0.1) is 11.3 Å². The molecule has 1 aromatic heterocycles. The van der Waals surface area contributed by atoms with Gasteiger partial charge in [-0.2, -0.15) is 0 Å². The van der Waals surface area contributed by atoms with Gasteiger partial charge in [-0.05, 0) is 11.4 Å². The van der Waals surface area contributed by atoms with Crippen molar-refractivity contribution in [2.75, 3.05) is 32.8 Å². The molecule has 0 aliphatic carbocycles. The van der Waals surface area contributed by atoms with Crippen molar-refractivity contribution >= 4 is 34.9 Å². The summed E-state index contributed by atoms with van der Waals surface area (Å²) in [5.74, 6) is -1.27. The topological polar surface area (TPSA) is 102 Å². The minimum absolute atomic E-state index is 0.0495. The average molecular weight is 459 g/mol. The molecule has 1 aliphatic rings. The Balaban J connectivity index is 1.46. The van der Waals surface area contributed by atoms with Gasteiger partial charge in [-0.1, -0.05) is 36.4 Å². The van der Waals surface area contributed by atoms with Gasteiger partial charge < -0.3 is 19.7 Å². The molecule has 2 aromatic rings. The normalized spacial score (nSPS) is 14.4.